The number of likely N-dealkylation sites (N-methyl/N-ethyl adjacent to an activating group) is 1. The fraction of sp³-hybridized carbons (Fsp3) is 0.579. The maximum absolute atomic E-state index is 12.3. The van der Waals surface area contributed by atoms with Crippen molar-refractivity contribution in [2.75, 3.05) is 32.8 Å². The summed E-state index contributed by atoms with van der Waals surface area (Å²) >= 11 is 0. The van der Waals surface area contributed by atoms with E-state index in [4.69, 9.17) is 9.47 Å². The predicted octanol–water partition coefficient (Wildman–Crippen LogP) is 2.27. The smallest absolute Gasteiger partial charge is 0.220 e. The van der Waals surface area contributed by atoms with Gasteiger partial charge in [-0.15, -0.1) is 0 Å². The molecule has 0 fully saturated rings. The van der Waals surface area contributed by atoms with Crippen LogP contribution in [0.4, 0.5) is 0 Å². The summed E-state index contributed by atoms with van der Waals surface area (Å²) in [5.74, 6) is 1.09. The maximum atomic E-state index is 12.3. The second-order valence-corrected chi connectivity index (χ2v) is 6.16. The van der Waals surface area contributed by atoms with Gasteiger partial charge >= 0.3 is 0 Å². The number of Topliss-reactive ketones (excluding diaryl/α,β-unsaturated/α-hetero) is 1. The summed E-state index contributed by atoms with van der Waals surface area (Å²) in [5.41, 5.74) is 0.550. The average Bonchev–Trinajstić information content (AvgIpc) is 2.65. The van der Waals surface area contributed by atoms with E-state index < -0.39 is 0 Å². The molecule has 1 aromatic carbocycles. The number of hydrogen-bond donors (Lipinski definition) is 1. The van der Waals surface area contributed by atoms with Crippen LogP contribution in [0.15, 0.2) is 18.2 Å². The molecular formula is C19H28N2O4. The summed E-state index contributed by atoms with van der Waals surface area (Å²) in [6, 6.07) is 5.44. The molecule has 1 aromatic rings. The van der Waals surface area contributed by atoms with Crippen LogP contribution < -0.4 is 14.8 Å². The lowest BCUT2D eigenvalue weighted by Gasteiger charge is -2.26. The number of ketones is 1. The molecule has 2 rings (SSSR count). The van der Waals surface area contributed by atoms with Crippen LogP contribution in [0.25, 0.3) is 0 Å². The minimum absolute atomic E-state index is 0.0658. The van der Waals surface area contributed by atoms with Gasteiger partial charge in [-0.25, -0.2) is 0 Å². The van der Waals surface area contributed by atoms with Crippen LogP contribution in [0.2, 0.25) is 0 Å². The average molecular weight is 348 g/mol. The monoisotopic (exact) mass is 348 g/mol. The van der Waals surface area contributed by atoms with Gasteiger partial charge in [0.25, 0.3) is 0 Å². The molecule has 1 N–H and O–H groups in total. The van der Waals surface area contributed by atoms with Crippen molar-refractivity contribution in [3.8, 4) is 11.5 Å². The lowest BCUT2D eigenvalue weighted by molar-refractivity contribution is -0.121. The van der Waals surface area contributed by atoms with Gasteiger partial charge in [0.15, 0.2) is 17.3 Å². The Balaban J connectivity index is 1.78. The fourth-order valence-electron chi connectivity index (χ4n) is 2.91. The van der Waals surface area contributed by atoms with Crippen molar-refractivity contribution in [1.29, 1.82) is 0 Å². The van der Waals surface area contributed by atoms with Gasteiger partial charge in [0.1, 0.15) is 13.2 Å². The second kappa shape index (κ2) is 9.42. The molecule has 1 atom stereocenters. The minimum Gasteiger partial charge on any atom is -0.486 e. The van der Waals surface area contributed by atoms with Crippen LogP contribution in [0.1, 0.15) is 44.0 Å². The van der Waals surface area contributed by atoms with E-state index in [0.717, 1.165) is 13.1 Å². The fourth-order valence-corrected chi connectivity index (χ4v) is 2.91. The molecule has 0 saturated heterocycles. The van der Waals surface area contributed by atoms with Gasteiger partial charge in [0.2, 0.25) is 5.91 Å². The Labute approximate surface area is 149 Å². The predicted molar refractivity (Wildman–Crippen MR) is 96.4 cm³/mol. The third-order valence-corrected chi connectivity index (χ3v) is 4.47. The molecule has 0 saturated carbocycles. The van der Waals surface area contributed by atoms with Crippen molar-refractivity contribution in [3.63, 3.8) is 0 Å². The van der Waals surface area contributed by atoms with E-state index in [1.807, 2.05) is 0 Å². The molecule has 0 aromatic heterocycles. The highest BCUT2D eigenvalue weighted by atomic mass is 16.6. The molecule has 1 aliphatic rings. The van der Waals surface area contributed by atoms with Crippen molar-refractivity contribution in [1.82, 2.24) is 10.2 Å². The number of rotatable bonds is 9. The zero-order chi connectivity index (χ0) is 18.2. The van der Waals surface area contributed by atoms with E-state index in [1.54, 1.807) is 18.2 Å². The third-order valence-electron chi connectivity index (χ3n) is 4.47. The van der Waals surface area contributed by atoms with Crippen molar-refractivity contribution < 1.29 is 19.1 Å². The van der Waals surface area contributed by atoms with Gasteiger partial charge in [0.05, 0.1) is 0 Å². The lowest BCUT2D eigenvalue weighted by Crippen LogP contribution is -2.42. The SMILES string of the molecule is CCN(CC)C(C)CNC(=O)CCC(=O)c1ccc2c(c1)OCCO2. The Kier molecular flexibility index (Phi) is 7.25. The number of nitrogens with one attached hydrogen (secondary N) is 1. The van der Waals surface area contributed by atoms with Crippen LogP contribution in [-0.4, -0.2) is 55.5 Å². The summed E-state index contributed by atoms with van der Waals surface area (Å²) in [7, 11) is 0. The molecule has 0 spiro atoms. The Hall–Kier alpha value is -2.08. The Bertz CT molecular complexity index is 599. The Morgan fingerprint density at radius 3 is 2.48 bits per heavy atom. The van der Waals surface area contributed by atoms with Crippen LogP contribution in [0.5, 0.6) is 11.5 Å². The molecule has 1 amide bonds. The Morgan fingerprint density at radius 1 is 1.12 bits per heavy atom. The van der Waals surface area contributed by atoms with Gasteiger partial charge in [-0.3, -0.25) is 14.5 Å². The Morgan fingerprint density at radius 2 is 1.80 bits per heavy atom. The molecule has 6 heteroatoms. The largest absolute Gasteiger partial charge is 0.486 e. The van der Waals surface area contributed by atoms with E-state index in [0.29, 0.717) is 36.8 Å². The van der Waals surface area contributed by atoms with E-state index >= 15 is 0 Å². The van der Waals surface area contributed by atoms with E-state index in [9.17, 15) is 9.59 Å². The summed E-state index contributed by atoms with van der Waals surface area (Å²) in [4.78, 5) is 26.6. The summed E-state index contributed by atoms with van der Waals surface area (Å²) in [6.45, 7) is 9.81. The van der Waals surface area contributed by atoms with E-state index in [-0.39, 0.29) is 30.6 Å². The van der Waals surface area contributed by atoms with Gasteiger partial charge < -0.3 is 14.8 Å². The van der Waals surface area contributed by atoms with E-state index in [1.165, 1.54) is 0 Å². The number of fused-ring (bicyclic) bond motifs is 1. The third kappa shape index (κ3) is 5.46. The first-order valence-corrected chi connectivity index (χ1v) is 8.98. The molecule has 1 heterocycles. The minimum atomic E-state index is -0.0927. The highest BCUT2D eigenvalue weighted by Gasteiger charge is 2.16. The van der Waals surface area contributed by atoms with Crippen molar-refractivity contribution in [2.45, 2.75) is 39.7 Å². The number of ether oxygens (including phenoxy) is 2. The lowest BCUT2D eigenvalue weighted by atomic mass is 10.1. The molecule has 0 radical (unpaired) electrons. The molecule has 1 aliphatic heterocycles. The van der Waals surface area contributed by atoms with Crippen LogP contribution in [0, 0.1) is 0 Å². The maximum Gasteiger partial charge on any atom is 0.220 e. The number of nitrogens with zero attached hydrogens (tertiary/aromatic N) is 1. The molecule has 0 aliphatic carbocycles. The molecule has 0 bridgehead atoms. The zero-order valence-corrected chi connectivity index (χ0v) is 15.3. The molecule has 6 nitrogen and oxygen atoms in total. The van der Waals surface area contributed by atoms with Crippen molar-refractivity contribution >= 4 is 11.7 Å². The molecular weight excluding hydrogens is 320 g/mol. The summed E-state index contributed by atoms with van der Waals surface area (Å²) in [5, 5.41) is 2.91. The molecule has 1 unspecified atom stereocenters. The number of carbonyl (C=O) groups excluding carboxylic acids is 2. The van der Waals surface area contributed by atoms with Gasteiger partial charge in [-0.05, 0) is 38.2 Å². The standard InChI is InChI=1S/C19H28N2O4/c1-4-21(5-2)14(3)13-20-19(23)9-7-16(22)15-6-8-17-18(12-15)25-11-10-24-17/h6,8,12,14H,4-5,7,9-11,13H2,1-3H3,(H,20,23). The summed E-state index contributed by atoms with van der Waals surface area (Å²) < 4.78 is 10.9. The highest BCUT2D eigenvalue weighted by molar-refractivity contribution is 5.98. The quantitative estimate of drug-likeness (QED) is 0.694. The first kappa shape index (κ1) is 19.2. The van der Waals surface area contributed by atoms with Crippen LogP contribution >= 0.6 is 0 Å². The van der Waals surface area contributed by atoms with Gasteiger partial charge in [-0.2, -0.15) is 0 Å². The van der Waals surface area contributed by atoms with Crippen molar-refractivity contribution in [2.24, 2.45) is 0 Å². The van der Waals surface area contributed by atoms with Crippen molar-refractivity contribution in [3.05, 3.63) is 23.8 Å². The first-order valence-electron chi connectivity index (χ1n) is 8.98. The number of carbonyl (C=O) groups is 2. The molecule has 138 valence electrons. The molecule has 25 heavy (non-hydrogen) atoms. The van der Waals surface area contributed by atoms with Crippen LogP contribution in [0.3, 0.4) is 0 Å². The van der Waals surface area contributed by atoms with Gasteiger partial charge in [0, 0.05) is 31.0 Å². The zero-order valence-electron chi connectivity index (χ0n) is 15.3. The number of benzene rings is 1. The number of hydrogen-bond acceptors (Lipinski definition) is 5. The second-order valence-electron chi connectivity index (χ2n) is 6.16. The number of amides is 1. The topological polar surface area (TPSA) is 67.9 Å². The normalized spacial score (nSPS) is 14.2. The summed E-state index contributed by atoms with van der Waals surface area (Å²) in [6.07, 6.45) is 0.378. The van der Waals surface area contributed by atoms with E-state index in [2.05, 4.69) is 31.0 Å². The van der Waals surface area contributed by atoms with Crippen LogP contribution in [-0.2, 0) is 4.79 Å². The highest BCUT2D eigenvalue weighted by Crippen LogP contribution is 2.31. The van der Waals surface area contributed by atoms with Gasteiger partial charge in [-0.1, -0.05) is 13.8 Å². The first-order chi connectivity index (χ1) is 12.0.